The summed E-state index contributed by atoms with van der Waals surface area (Å²) < 4.78 is 28.0. The molecular formula is C13H10N2O7S. The summed E-state index contributed by atoms with van der Waals surface area (Å²) in [6.45, 7) is 0. The number of sulfone groups is 1. The molecule has 0 fully saturated rings. The molecule has 0 bridgehead atoms. The zero-order valence-electron chi connectivity index (χ0n) is 11.7. The smallest absolute Gasteiger partial charge is 0.318 e. The molecule has 0 unspecified atom stereocenters. The van der Waals surface area contributed by atoms with E-state index in [0.717, 1.165) is 24.5 Å². The van der Waals surface area contributed by atoms with Crippen molar-refractivity contribution in [3.05, 3.63) is 62.7 Å². The molecule has 0 aliphatic carbocycles. The molecule has 9 nitrogen and oxygen atoms in total. The predicted octanol–water partition coefficient (Wildman–Crippen LogP) is 2.70. The van der Waals surface area contributed by atoms with E-state index in [4.69, 9.17) is 4.74 Å². The van der Waals surface area contributed by atoms with Gasteiger partial charge in [0.1, 0.15) is 5.75 Å². The van der Waals surface area contributed by atoms with Crippen molar-refractivity contribution in [3.8, 4) is 11.5 Å². The Morgan fingerprint density at radius 1 is 0.957 bits per heavy atom. The summed E-state index contributed by atoms with van der Waals surface area (Å²) in [5.41, 5.74) is -0.997. The average molecular weight is 338 g/mol. The molecule has 2 aromatic rings. The lowest BCUT2D eigenvalue weighted by Crippen LogP contribution is -1.98. The van der Waals surface area contributed by atoms with Crippen LogP contribution in [0.2, 0.25) is 0 Å². The lowest BCUT2D eigenvalue weighted by molar-refractivity contribution is -0.394. The minimum absolute atomic E-state index is 0.0723. The van der Waals surface area contributed by atoms with Crippen molar-refractivity contribution >= 4 is 21.2 Å². The minimum Gasteiger partial charge on any atom is -0.450 e. The molecule has 0 heterocycles. The van der Waals surface area contributed by atoms with Crippen LogP contribution in [0.15, 0.2) is 47.4 Å². The molecule has 2 rings (SSSR count). The highest BCUT2D eigenvalue weighted by Crippen LogP contribution is 2.34. The first-order valence-electron chi connectivity index (χ1n) is 6.09. The SMILES string of the molecule is CS(=O)(=O)c1ccc(Oc2ccc([N+](=O)[O-])cc2[N+](=O)[O-])cc1. The second-order valence-corrected chi connectivity index (χ2v) is 6.53. The summed E-state index contributed by atoms with van der Waals surface area (Å²) in [6, 6.07) is 8.24. The second-order valence-electron chi connectivity index (χ2n) is 4.51. The highest BCUT2D eigenvalue weighted by atomic mass is 32.2. The maximum absolute atomic E-state index is 11.4. The lowest BCUT2D eigenvalue weighted by Gasteiger charge is -2.07. The van der Waals surface area contributed by atoms with Gasteiger partial charge < -0.3 is 4.74 Å². The fourth-order valence-corrected chi connectivity index (χ4v) is 2.36. The van der Waals surface area contributed by atoms with Crippen molar-refractivity contribution in [2.45, 2.75) is 4.90 Å². The van der Waals surface area contributed by atoms with Gasteiger partial charge in [0.05, 0.1) is 20.8 Å². The van der Waals surface area contributed by atoms with Crippen LogP contribution >= 0.6 is 0 Å². The van der Waals surface area contributed by atoms with Crippen LogP contribution in [-0.2, 0) is 9.84 Å². The van der Waals surface area contributed by atoms with Crippen LogP contribution in [-0.4, -0.2) is 24.5 Å². The normalized spacial score (nSPS) is 11.0. The highest BCUT2D eigenvalue weighted by Gasteiger charge is 2.21. The first kappa shape index (κ1) is 16.4. The van der Waals surface area contributed by atoms with E-state index in [1.54, 1.807) is 0 Å². The van der Waals surface area contributed by atoms with E-state index in [9.17, 15) is 28.6 Å². The van der Waals surface area contributed by atoms with Gasteiger partial charge >= 0.3 is 5.69 Å². The van der Waals surface area contributed by atoms with E-state index in [-0.39, 0.29) is 16.4 Å². The maximum atomic E-state index is 11.4. The number of hydrogen-bond acceptors (Lipinski definition) is 7. The van der Waals surface area contributed by atoms with Gasteiger partial charge in [-0.3, -0.25) is 20.2 Å². The Bertz CT molecular complexity index is 876. The third-order valence-electron chi connectivity index (χ3n) is 2.83. The standard InChI is InChI=1S/C13H10N2O7S/c1-23(20,21)11-5-3-10(4-6-11)22-13-7-2-9(14(16)17)8-12(13)15(18)19/h2-8H,1H3. The van der Waals surface area contributed by atoms with Gasteiger partial charge in [0.15, 0.2) is 9.84 Å². The van der Waals surface area contributed by atoms with Gasteiger partial charge in [-0.1, -0.05) is 0 Å². The van der Waals surface area contributed by atoms with Crippen LogP contribution in [0.25, 0.3) is 0 Å². The minimum atomic E-state index is -3.37. The quantitative estimate of drug-likeness (QED) is 0.605. The average Bonchev–Trinajstić information content (AvgIpc) is 2.46. The number of rotatable bonds is 5. The van der Waals surface area contributed by atoms with Crippen molar-refractivity contribution in [2.24, 2.45) is 0 Å². The molecule has 0 aliphatic rings. The largest absolute Gasteiger partial charge is 0.450 e. The van der Waals surface area contributed by atoms with Gasteiger partial charge in [-0.15, -0.1) is 0 Å². The van der Waals surface area contributed by atoms with Crippen molar-refractivity contribution in [3.63, 3.8) is 0 Å². The zero-order chi connectivity index (χ0) is 17.2. The van der Waals surface area contributed by atoms with Crippen LogP contribution in [0.3, 0.4) is 0 Å². The molecule has 0 saturated carbocycles. The molecule has 0 radical (unpaired) electrons. The van der Waals surface area contributed by atoms with Gasteiger partial charge in [-0.05, 0) is 30.3 Å². The summed E-state index contributed by atoms with van der Waals surface area (Å²) in [4.78, 5) is 20.2. The van der Waals surface area contributed by atoms with Crippen LogP contribution in [0, 0.1) is 20.2 Å². The van der Waals surface area contributed by atoms with Gasteiger partial charge in [-0.2, -0.15) is 0 Å². The number of hydrogen-bond donors (Lipinski definition) is 0. The van der Waals surface area contributed by atoms with E-state index >= 15 is 0 Å². The lowest BCUT2D eigenvalue weighted by atomic mass is 10.2. The number of non-ortho nitro benzene ring substituents is 1. The van der Waals surface area contributed by atoms with E-state index in [1.165, 1.54) is 24.3 Å². The Balaban J connectivity index is 2.36. The molecule has 0 aromatic heterocycles. The van der Waals surface area contributed by atoms with E-state index in [1.807, 2.05) is 0 Å². The van der Waals surface area contributed by atoms with E-state index in [2.05, 4.69) is 0 Å². The molecule has 0 aliphatic heterocycles. The molecule has 0 spiro atoms. The summed E-state index contributed by atoms with van der Waals surface area (Å²) in [5, 5.41) is 21.7. The van der Waals surface area contributed by atoms with Gasteiger partial charge in [0.2, 0.25) is 5.75 Å². The number of nitro benzene ring substituents is 2. The topological polar surface area (TPSA) is 130 Å². The van der Waals surface area contributed by atoms with Crippen molar-refractivity contribution in [1.82, 2.24) is 0 Å². The highest BCUT2D eigenvalue weighted by molar-refractivity contribution is 7.90. The number of benzene rings is 2. The molecular weight excluding hydrogens is 328 g/mol. The summed E-state index contributed by atoms with van der Waals surface area (Å²) in [7, 11) is -3.37. The predicted molar refractivity (Wildman–Crippen MR) is 79.4 cm³/mol. The Morgan fingerprint density at radius 3 is 2.04 bits per heavy atom. The fourth-order valence-electron chi connectivity index (χ4n) is 1.73. The van der Waals surface area contributed by atoms with Crippen LogP contribution in [0.5, 0.6) is 11.5 Å². The Morgan fingerprint density at radius 2 is 1.57 bits per heavy atom. The van der Waals surface area contributed by atoms with Gasteiger partial charge in [-0.25, -0.2) is 8.42 Å². The van der Waals surface area contributed by atoms with Gasteiger partial charge in [0.25, 0.3) is 5.69 Å². The Hall–Kier alpha value is -3.01. The fraction of sp³-hybridized carbons (Fsp3) is 0.0769. The third kappa shape index (κ3) is 3.80. The molecule has 120 valence electrons. The molecule has 0 atom stereocenters. The molecule has 0 amide bonds. The van der Waals surface area contributed by atoms with Crippen LogP contribution in [0.1, 0.15) is 0 Å². The third-order valence-corrected chi connectivity index (χ3v) is 3.96. The van der Waals surface area contributed by atoms with Crippen LogP contribution in [0.4, 0.5) is 11.4 Å². The van der Waals surface area contributed by atoms with Crippen LogP contribution < -0.4 is 4.74 Å². The summed E-state index contributed by atoms with van der Waals surface area (Å²) in [6.07, 6.45) is 1.05. The number of nitrogens with zero attached hydrogens (tertiary/aromatic N) is 2. The molecule has 0 saturated heterocycles. The first-order chi connectivity index (χ1) is 10.7. The van der Waals surface area contributed by atoms with Crippen molar-refractivity contribution in [2.75, 3.05) is 6.26 Å². The molecule has 10 heteroatoms. The number of nitro groups is 2. The summed E-state index contributed by atoms with van der Waals surface area (Å²) >= 11 is 0. The molecule has 2 aromatic carbocycles. The first-order valence-corrected chi connectivity index (χ1v) is 7.98. The number of ether oxygens (including phenoxy) is 1. The summed E-state index contributed by atoms with van der Waals surface area (Å²) in [5.74, 6) is -0.0259. The Kier molecular flexibility index (Phi) is 4.27. The Labute approximate surface area is 130 Å². The second kappa shape index (κ2) is 6.01. The molecule has 23 heavy (non-hydrogen) atoms. The maximum Gasteiger partial charge on any atom is 0.318 e. The zero-order valence-corrected chi connectivity index (χ0v) is 12.5. The monoisotopic (exact) mass is 338 g/mol. The van der Waals surface area contributed by atoms with Crippen molar-refractivity contribution < 1.29 is 23.0 Å². The van der Waals surface area contributed by atoms with Crippen molar-refractivity contribution in [1.29, 1.82) is 0 Å². The van der Waals surface area contributed by atoms with E-state index < -0.39 is 31.1 Å². The van der Waals surface area contributed by atoms with Gasteiger partial charge in [0, 0.05) is 12.3 Å². The van der Waals surface area contributed by atoms with E-state index in [0.29, 0.717) is 0 Å². The molecule has 0 N–H and O–H groups in total.